The van der Waals surface area contributed by atoms with Gasteiger partial charge >= 0.3 is 0 Å². The molecule has 2 aliphatic heterocycles. The molecule has 1 aromatic heterocycles. The highest BCUT2D eigenvalue weighted by atomic mass is 16.2. The molecule has 0 saturated carbocycles. The van der Waals surface area contributed by atoms with Crippen molar-refractivity contribution in [2.75, 3.05) is 13.1 Å². The fourth-order valence-corrected chi connectivity index (χ4v) is 4.00. The Morgan fingerprint density at radius 1 is 1.21 bits per heavy atom. The van der Waals surface area contributed by atoms with Crippen LogP contribution in [0.2, 0.25) is 0 Å². The van der Waals surface area contributed by atoms with Crippen molar-refractivity contribution >= 4 is 5.91 Å². The number of imidazole rings is 1. The Labute approximate surface area is 143 Å². The van der Waals surface area contributed by atoms with E-state index in [1.165, 1.54) is 17.5 Å². The molecule has 1 aromatic carbocycles. The van der Waals surface area contributed by atoms with Crippen molar-refractivity contribution in [2.24, 2.45) is 0 Å². The van der Waals surface area contributed by atoms with Gasteiger partial charge in [-0.2, -0.15) is 0 Å². The van der Waals surface area contributed by atoms with Crippen LogP contribution in [0, 0.1) is 6.92 Å². The van der Waals surface area contributed by atoms with Gasteiger partial charge in [0.2, 0.25) is 0 Å². The molecule has 0 spiro atoms. The van der Waals surface area contributed by atoms with E-state index in [9.17, 15) is 4.79 Å². The number of benzene rings is 1. The standard InChI is InChI=1S/C20H25N3O/c1-15-6-5-7-16(12-15)17-8-9-19-21-18(14-23(19)13-17)20(24)22-10-3-2-4-11-22/h5-7,12,14,17H,2-4,8-11,13H2,1H3. The molecular formula is C20H25N3O. The summed E-state index contributed by atoms with van der Waals surface area (Å²) in [6, 6.07) is 8.79. The number of likely N-dealkylation sites (tertiary alicyclic amines) is 1. The van der Waals surface area contributed by atoms with Crippen LogP contribution in [-0.2, 0) is 13.0 Å². The van der Waals surface area contributed by atoms with E-state index < -0.39 is 0 Å². The molecule has 0 aliphatic carbocycles. The summed E-state index contributed by atoms with van der Waals surface area (Å²) in [6.45, 7) is 4.84. The minimum atomic E-state index is 0.115. The third-order valence-corrected chi connectivity index (χ3v) is 5.37. The first-order chi connectivity index (χ1) is 11.7. The highest BCUT2D eigenvalue weighted by molar-refractivity contribution is 5.92. The third-order valence-electron chi connectivity index (χ3n) is 5.37. The van der Waals surface area contributed by atoms with Gasteiger partial charge in [0.25, 0.3) is 5.91 Å². The van der Waals surface area contributed by atoms with E-state index in [4.69, 9.17) is 0 Å². The summed E-state index contributed by atoms with van der Waals surface area (Å²) in [5.74, 6) is 1.70. The Kier molecular flexibility index (Phi) is 4.13. The number of fused-ring (bicyclic) bond motifs is 1. The smallest absolute Gasteiger partial charge is 0.274 e. The third kappa shape index (κ3) is 2.97. The molecule has 2 aliphatic rings. The Morgan fingerprint density at radius 2 is 2.04 bits per heavy atom. The van der Waals surface area contributed by atoms with E-state index in [1.807, 2.05) is 11.1 Å². The Balaban J connectivity index is 1.52. The highest BCUT2D eigenvalue weighted by Crippen LogP contribution is 2.29. The number of hydrogen-bond donors (Lipinski definition) is 0. The second-order valence-corrected chi connectivity index (χ2v) is 7.20. The number of aryl methyl sites for hydroxylation is 2. The van der Waals surface area contributed by atoms with E-state index in [1.54, 1.807) is 0 Å². The summed E-state index contributed by atoms with van der Waals surface area (Å²) in [4.78, 5) is 19.3. The normalized spacial score (nSPS) is 20.7. The van der Waals surface area contributed by atoms with E-state index in [0.717, 1.165) is 51.1 Å². The number of hydrogen-bond acceptors (Lipinski definition) is 2. The van der Waals surface area contributed by atoms with Crippen molar-refractivity contribution in [2.45, 2.75) is 51.5 Å². The summed E-state index contributed by atoms with van der Waals surface area (Å²) < 4.78 is 2.20. The van der Waals surface area contributed by atoms with Crippen LogP contribution in [0.3, 0.4) is 0 Å². The van der Waals surface area contributed by atoms with Gasteiger partial charge in [0.15, 0.2) is 0 Å². The van der Waals surface area contributed by atoms with Gasteiger partial charge in [0.05, 0.1) is 0 Å². The first-order valence-corrected chi connectivity index (χ1v) is 9.12. The van der Waals surface area contributed by atoms with Crippen LogP contribution in [0.4, 0.5) is 0 Å². The summed E-state index contributed by atoms with van der Waals surface area (Å²) in [6.07, 6.45) is 7.52. The molecule has 4 heteroatoms. The summed E-state index contributed by atoms with van der Waals surface area (Å²) in [5.41, 5.74) is 3.35. The second-order valence-electron chi connectivity index (χ2n) is 7.20. The van der Waals surface area contributed by atoms with Crippen LogP contribution in [0.15, 0.2) is 30.5 Å². The van der Waals surface area contributed by atoms with Gasteiger partial charge in [-0.1, -0.05) is 29.8 Å². The number of carbonyl (C=O) groups excluding carboxylic acids is 1. The molecule has 24 heavy (non-hydrogen) atoms. The fourth-order valence-electron chi connectivity index (χ4n) is 4.00. The average molecular weight is 323 g/mol. The molecule has 4 rings (SSSR count). The summed E-state index contributed by atoms with van der Waals surface area (Å²) >= 11 is 0. The predicted octanol–water partition coefficient (Wildman–Crippen LogP) is 3.55. The maximum atomic E-state index is 12.7. The zero-order chi connectivity index (χ0) is 16.5. The maximum Gasteiger partial charge on any atom is 0.274 e. The van der Waals surface area contributed by atoms with Crippen LogP contribution in [0.5, 0.6) is 0 Å². The van der Waals surface area contributed by atoms with Crippen molar-refractivity contribution in [1.29, 1.82) is 0 Å². The first kappa shape index (κ1) is 15.4. The lowest BCUT2D eigenvalue weighted by Gasteiger charge is -2.25. The number of amides is 1. The molecule has 4 nitrogen and oxygen atoms in total. The number of nitrogens with zero attached hydrogens (tertiary/aromatic N) is 3. The molecule has 0 radical (unpaired) electrons. The minimum Gasteiger partial charge on any atom is -0.337 e. The Bertz CT molecular complexity index is 743. The largest absolute Gasteiger partial charge is 0.337 e. The SMILES string of the molecule is Cc1cccc(C2CCc3nc(C(=O)N4CCCCC4)cn3C2)c1. The van der Waals surface area contributed by atoms with Crippen molar-refractivity contribution in [3.05, 3.63) is 53.1 Å². The molecule has 3 heterocycles. The van der Waals surface area contributed by atoms with E-state index >= 15 is 0 Å². The average Bonchev–Trinajstić information content (AvgIpc) is 3.05. The molecule has 0 N–H and O–H groups in total. The second kappa shape index (κ2) is 6.42. The monoisotopic (exact) mass is 323 g/mol. The van der Waals surface area contributed by atoms with Gasteiger partial charge in [0, 0.05) is 38.2 Å². The summed E-state index contributed by atoms with van der Waals surface area (Å²) in [7, 11) is 0. The van der Waals surface area contributed by atoms with Crippen molar-refractivity contribution in [3.8, 4) is 0 Å². The minimum absolute atomic E-state index is 0.115. The van der Waals surface area contributed by atoms with Crippen molar-refractivity contribution < 1.29 is 4.79 Å². The number of piperidine rings is 1. The lowest BCUT2D eigenvalue weighted by atomic mass is 9.91. The quantitative estimate of drug-likeness (QED) is 0.848. The van der Waals surface area contributed by atoms with Crippen LogP contribution < -0.4 is 0 Å². The van der Waals surface area contributed by atoms with Gasteiger partial charge in [0.1, 0.15) is 11.5 Å². The van der Waals surface area contributed by atoms with Crippen LogP contribution in [-0.4, -0.2) is 33.4 Å². The zero-order valence-corrected chi connectivity index (χ0v) is 14.4. The maximum absolute atomic E-state index is 12.7. The topological polar surface area (TPSA) is 38.1 Å². The lowest BCUT2D eigenvalue weighted by molar-refractivity contribution is 0.0718. The molecule has 1 amide bonds. The summed E-state index contributed by atoms with van der Waals surface area (Å²) in [5, 5.41) is 0. The number of rotatable bonds is 2. The molecule has 1 fully saturated rings. The molecule has 2 aromatic rings. The van der Waals surface area contributed by atoms with E-state index in [-0.39, 0.29) is 5.91 Å². The zero-order valence-electron chi connectivity index (χ0n) is 14.4. The first-order valence-electron chi connectivity index (χ1n) is 9.12. The van der Waals surface area contributed by atoms with Gasteiger partial charge in [-0.05, 0) is 38.2 Å². The van der Waals surface area contributed by atoms with Gasteiger partial charge < -0.3 is 9.47 Å². The fraction of sp³-hybridized carbons (Fsp3) is 0.500. The lowest BCUT2D eigenvalue weighted by Crippen LogP contribution is -2.35. The van der Waals surface area contributed by atoms with Crippen LogP contribution in [0.25, 0.3) is 0 Å². The van der Waals surface area contributed by atoms with Crippen LogP contribution in [0.1, 0.15) is 59.0 Å². The van der Waals surface area contributed by atoms with Crippen LogP contribution >= 0.6 is 0 Å². The van der Waals surface area contributed by atoms with Gasteiger partial charge in [-0.15, -0.1) is 0 Å². The van der Waals surface area contributed by atoms with Crippen molar-refractivity contribution in [1.82, 2.24) is 14.5 Å². The molecule has 0 bridgehead atoms. The van der Waals surface area contributed by atoms with Gasteiger partial charge in [-0.3, -0.25) is 4.79 Å². The van der Waals surface area contributed by atoms with E-state index in [0.29, 0.717) is 11.6 Å². The molecule has 1 saturated heterocycles. The Hall–Kier alpha value is -2.10. The number of carbonyl (C=O) groups is 1. The van der Waals surface area contributed by atoms with Gasteiger partial charge in [-0.25, -0.2) is 4.98 Å². The molecular weight excluding hydrogens is 298 g/mol. The number of aromatic nitrogens is 2. The molecule has 1 unspecified atom stereocenters. The Morgan fingerprint density at radius 3 is 2.83 bits per heavy atom. The molecule has 1 atom stereocenters. The van der Waals surface area contributed by atoms with Crippen molar-refractivity contribution in [3.63, 3.8) is 0 Å². The predicted molar refractivity (Wildman–Crippen MR) is 94.2 cm³/mol. The molecule has 126 valence electrons. The van der Waals surface area contributed by atoms with E-state index in [2.05, 4.69) is 40.7 Å². The highest BCUT2D eigenvalue weighted by Gasteiger charge is 2.26.